The number of nitrogens with zero attached hydrogens (tertiary/aromatic N) is 2. The molecule has 0 aliphatic heterocycles. The Balaban J connectivity index is 3.17. The lowest BCUT2D eigenvalue weighted by molar-refractivity contribution is 0.787. The summed E-state index contributed by atoms with van der Waals surface area (Å²) in [5.41, 5.74) is 0.669. The molecule has 3 nitrogen and oxygen atoms in total. The van der Waals surface area contributed by atoms with Crippen molar-refractivity contribution in [1.29, 1.82) is 0 Å². The Kier molecular flexibility index (Phi) is 1.85. The fourth-order valence-corrected chi connectivity index (χ4v) is 0.697. The van der Waals surface area contributed by atoms with Gasteiger partial charge in [0, 0.05) is 18.9 Å². The van der Waals surface area contributed by atoms with Gasteiger partial charge in [-0.05, 0) is 12.5 Å². The Morgan fingerprint density at radius 2 is 2.40 bits per heavy atom. The number of hydrogen-bond donors (Lipinski definition) is 0. The van der Waals surface area contributed by atoms with Crippen molar-refractivity contribution < 1.29 is 0 Å². The molecule has 0 aliphatic rings. The van der Waals surface area contributed by atoms with Gasteiger partial charge in [-0.3, -0.25) is 0 Å². The molecule has 1 rings (SSSR count). The second kappa shape index (κ2) is 2.64. The highest BCUT2D eigenvalue weighted by atomic mass is 16.1. The van der Waals surface area contributed by atoms with Gasteiger partial charge in [0.05, 0.1) is 0 Å². The summed E-state index contributed by atoms with van der Waals surface area (Å²) in [6, 6.07) is 1.85. The molecule has 3 heteroatoms. The molecule has 0 amide bonds. The summed E-state index contributed by atoms with van der Waals surface area (Å²) in [7, 11) is 1.69. The maximum atomic E-state index is 10.9. The van der Waals surface area contributed by atoms with Gasteiger partial charge in [-0.2, -0.15) is 4.98 Å². The molecule has 0 bridgehead atoms. The molecule has 10 heavy (non-hydrogen) atoms. The van der Waals surface area contributed by atoms with Crippen molar-refractivity contribution in [2.75, 3.05) is 0 Å². The third-order valence-corrected chi connectivity index (χ3v) is 1.39. The summed E-state index contributed by atoms with van der Waals surface area (Å²) in [6.45, 7) is 1.97. The van der Waals surface area contributed by atoms with E-state index in [2.05, 4.69) is 4.98 Å². The fraction of sp³-hybridized carbons (Fsp3) is 0.429. The first-order valence-electron chi connectivity index (χ1n) is 3.26. The zero-order valence-corrected chi connectivity index (χ0v) is 6.16. The molecule has 0 unspecified atom stereocenters. The van der Waals surface area contributed by atoms with Crippen molar-refractivity contribution in [3.8, 4) is 0 Å². The highest BCUT2D eigenvalue weighted by Crippen LogP contribution is 1.88. The summed E-state index contributed by atoms with van der Waals surface area (Å²) in [6.07, 6.45) is 2.55. The van der Waals surface area contributed by atoms with Gasteiger partial charge >= 0.3 is 5.69 Å². The molecule has 1 aromatic heterocycles. The Bertz CT molecular complexity index is 277. The van der Waals surface area contributed by atoms with Crippen LogP contribution in [0.25, 0.3) is 0 Å². The largest absolute Gasteiger partial charge is 0.347 e. The molecule has 0 N–H and O–H groups in total. The van der Waals surface area contributed by atoms with Gasteiger partial charge in [-0.25, -0.2) is 4.79 Å². The Morgan fingerprint density at radius 3 is 2.90 bits per heavy atom. The van der Waals surface area contributed by atoms with Gasteiger partial charge in [0.25, 0.3) is 0 Å². The molecule has 0 saturated carbocycles. The van der Waals surface area contributed by atoms with E-state index in [0.717, 1.165) is 12.1 Å². The van der Waals surface area contributed by atoms with Gasteiger partial charge in [0.15, 0.2) is 0 Å². The van der Waals surface area contributed by atoms with Crippen molar-refractivity contribution in [1.82, 2.24) is 9.55 Å². The molecule has 1 aromatic rings. The molecule has 0 aliphatic carbocycles. The summed E-state index contributed by atoms with van der Waals surface area (Å²) < 4.78 is 1.46. The fourth-order valence-electron chi connectivity index (χ4n) is 0.697. The normalized spacial score (nSPS) is 9.80. The number of aryl methyl sites for hydroxylation is 2. The second-order valence-electron chi connectivity index (χ2n) is 2.17. The van der Waals surface area contributed by atoms with E-state index in [1.165, 1.54) is 4.57 Å². The molecule has 1 heterocycles. The number of rotatable bonds is 1. The molecular formula is C7H10N2O. The van der Waals surface area contributed by atoms with Crippen LogP contribution in [-0.2, 0) is 13.5 Å². The molecule has 0 spiro atoms. The van der Waals surface area contributed by atoms with Crippen LogP contribution in [0.5, 0.6) is 0 Å². The van der Waals surface area contributed by atoms with E-state index >= 15 is 0 Å². The van der Waals surface area contributed by atoms with Crippen molar-refractivity contribution in [2.45, 2.75) is 13.3 Å². The summed E-state index contributed by atoms with van der Waals surface area (Å²) >= 11 is 0. The van der Waals surface area contributed by atoms with Crippen LogP contribution >= 0.6 is 0 Å². The summed E-state index contributed by atoms with van der Waals surface area (Å²) in [5, 5.41) is 0. The first-order valence-corrected chi connectivity index (χ1v) is 3.26. The van der Waals surface area contributed by atoms with Gasteiger partial charge in [0.2, 0.25) is 0 Å². The van der Waals surface area contributed by atoms with E-state index in [1.54, 1.807) is 13.2 Å². The van der Waals surface area contributed by atoms with Gasteiger partial charge < -0.3 is 4.57 Å². The molecule has 0 saturated heterocycles. The van der Waals surface area contributed by atoms with E-state index in [0.29, 0.717) is 0 Å². The lowest BCUT2D eigenvalue weighted by Gasteiger charge is -1.95. The zero-order valence-electron chi connectivity index (χ0n) is 6.16. The van der Waals surface area contributed by atoms with E-state index in [1.807, 2.05) is 13.0 Å². The monoisotopic (exact) mass is 138 g/mol. The van der Waals surface area contributed by atoms with Gasteiger partial charge in [-0.15, -0.1) is 0 Å². The average molecular weight is 138 g/mol. The highest BCUT2D eigenvalue weighted by Gasteiger charge is 1.91. The number of aromatic nitrogens is 2. The van der Waals surface area contributed by atoms with Crippen LogP contribution in [0.15, 0.2) is 17.1 Å². The lowest BCUT2D eigenvalue weighted by Crippen LogP contribution is -2.20. The summed E-state index contributed by atoms with van der Waals surface area (Å²) in [4.78, 5) is 14.6. The predicted octanol–water partition coefficient (Wildman–Crippen LogP) is 0.343. The molecule has 0 aromatic carbocycles. The number of hydrogen-bond acceptors (Lipinski definition) is 2. The van der Waals surface area contributed by atoms with E-state index in [9.17, 15) is 4.79 Å². The Labute approximate surface area is 59.3 Å². The van der Waals surface area contributed by atoms with Gasteiger partial charge in [-0.1, -0.05) is 6.92 Å². The lowest BCUT2D eigenvalue weighted by atomic mass is 10.3. The molecule has 0 atom stereocenters. The zero-order chi connectivity index (χ0) is 7.56. The second-order valence-corrected chi connectivity index (χ2v) is 2.17. The van der Waals surface area contributed by atoms with Gasteiger partial charge in [0.1, 0.15) is 0 Å². The Morgan fingerprint density at radius 1 is 1.70 bits per heavy atom. The third-order valence-electron chi connectivity index (χ3n) is 1.39. The summed E-state index contributed by atoms with van der Waals surface area (Å²) in [5.74, 6) is 0. The van der Waals surface area contributed by atoms with Crippen LogP contribution in [0, 0.1) is 0 Å². The minimum atomic E-state index is -0.181. The van der Waals surface area contributed by atoms with Crippen LogP contribution < -0.4 is 5.69 Å². The van der Waals surface area contributed by atoms with E-state index in [4.69, 9.17) is 0 Å². The van der Waals surface area contributed by atoms with E-state index in [-0.39, 0.29) is 5.69 Å². The van der Waals surface area contributed by atoms with Crippen LogP contribution in [0.1, 0.15) is 12.6 Å². The smallest absolute Gasteiger partial charge is 0.302 e. The van der Waals surface area contributed by atoms with Crippen LogP contribution in [0.3, 0.4) is 0 Å². The molecular weight excluding hydrogens is 128 g/mol. The van der Waals surface area contributed by atoms with Crippen LogP contribution in [-0.4, -0.2) is 9.55 Å². The van der Waals surface area contributed by atoms with Crippen LogP contribution in [0.4, 0.5) is 0 Å². The average Bonchev–Trinajstić information content (AvgIpc) is 1.95. The van der Waals surface area contributed by atoms with Crippen molar-refractivity contribution >= 4 is 0 Å². The minimum Gasteiger partial charge on any atom is -0.302 e. The molecule has 0 radical (unpaired) electrons. The SMILES string of the molecule is CCc1ccn(C)c(=O)n1. The maximum absolute atomic E-state index is 10.9. The van der Waals surface area contributed by atoms with Crippen LogP contribution in [0.2, 0.25) is 0 Å². The van der Waals surface area contributed by atoms with Crippen molar-refractivity contribution in [3.05, 3.63) is 28.4 Å². The first kappa shape index (κ1) is 6.99. The van der Waals surface area contributed by atoms with Crippen molar-refractivity contribution in [3.63, 3.8) is 0 Å². The first-order chi connectivity index (χ1) is 4.74. The third kappa shape index (κ3) is 1.23. The Hall–Kier alpha value is -1.12. The molecule has 54 valence electrons. The topological polar surface area (TPSA) is 34.9 Å². The minimum absolute atomic E-state index is 0.181. The van der Waals surface area contributed by atoms with Crippen molar-refractivity contribution in [2.24, 2.45) is 7.05 Å². The maximum Gasteiger partial charge on any atom is 0.347 e. The quantitative estimate of drug-likeness (QED) is 0.561. The molecule has 0 fully saturated rings. The standard InChI is InChI=1S/C7H10N2O/c1-3-6-4-5-9(2)7(10)8-6/h4-5H,3H2,1-2H3. The van der Waals surface area contributed by atoms with E-state index < -0.39 is 0 Å². The predicted molar refractivity (Wildman–Crippen MR) is 38.9 cm³/mol. The highest BCUT2D eigenvalue weighted by molar-refractivity contribution is 4.97.